The average molecular weight is 391 g/mol. The third kappa shape index (κ3) is 3.91. The molecule has 0 unspecified atom stereocenters. The molecule has 0 saturated heterocycles. The van der Waals surface area contributed by atoms with E-state index in [1.165, 1.54) is 0 Å². The van der Waals surface area contributed by atoms with Crippen LogP contribution in [0.3, 0.4) is 0 Å². The Kier molecular flexibility index (Phi) is 5.15. The molecule has 4 nitrogen and oxygen atoms in total. The molecule has 0 bridgehead atoms. The summed E-state index contributed by atoms with van der Waals surface area (Å²) in [4.78, 5) is 25.5. The van der Waals surface area contributed by atoms with Gasteiger partial charge in [0.2, 0.25) is 0 Å². The zero-order valence-electron chi connectivity index (χ0n) is 16.7. The highest BCUT2D eigenvalue weighted by Gasteiger charge is 2.52. The standard InChI is InChI=1S/C22H27ClO4/c1-13-10-15(23)11-14(2)17(13)18-19(26-16(24)12-21(3,4)5)22(27-20(18)25)8-6-7-9-22/h10-11H,6-9,12H2,1-5H3. The maximum atomic E-state index is 12.9. The molecule has 1 aromatic rings. The van der Waals surface area contributed by atoms with E-state index < -0.39 is 11.6 Å². The lowest BCUT2D eigenvalue weighted by Gasteiger charge is -2.26. The van der Waals surface area contributed by atoms with Gasteiger partial charge in [-0.1, -0.05) is 32.4 Å². The molecule has 1 saturated carbocycles. The van der Waals surface area contributed by atoms with E-state index >= 15 is 0 Å². The van der Waals surface area contributed by atoms with E-state index in [2.05, 4.69) is 0 Å². The second-order valence-corrected chi connectivity index (χ2v) is 9.36. The third-order valence-corrected chi connectivity index (χ3v) is 5.40. The van der Waals surface area contributed by atoms with E-state index in [1.807, 2.05) is 46.8 Å². The predicted octanol–water partition coefficient (Wildman–Crippen LogP) is 5.52. The molecular weight excluding hydrogens is 364 g/mol. The highest BCUT2D eigenvalue weighted by Crippen LogP contribution is 2.49. The number of benzene rings is 1. The lowest BCUT2D eigenvalue weighted by Crippen LogP contribution is -2.31. The van der Waals surface area contributed by atoms with Crippen molar-refractivity contribution in [3.8, 4) is 0 Å². The molecule has 0 atom stereocenters. The number of carbonyl (C=O) groups is 2. The van der Waals surface area contributed by atoms with Crippen LogP contribution in [-0.4, -0.2) is 17.5 Å². The van der Waals surface area contributed by atoms with Crippen molar-refractivity contribution in [2.24, 2.45) is 5.41 Å². The van der Waals surface area contributed by atoms with Crippen LogP contribution in [-0.2, 0) is 19.1 Å². The summed E-state index contributed by atoms with van der Waals surface area (Å²) in [7, 11) is 0. The van der Waals surface area contributed by atoms with Crippen molar-refractivity contribution < 1.29 is 19.1 Å². The van der Waals surface area contributed by atoms with Crippen molar-refractivity contribution in [3.63, 3.8) is 0 Å². The van der Waals surface area contributed by atoms with Crippen LogP contribution in [0.15, 0.2) is 17.9 Å². The molecule has 0 amide bonds. The van der Waals surface area contributed by atoms with Gasteiger partial charge in [-0.15, -0.1) is 0 Å². The van der Waals surface area contributed by atoms with Gasteiger partial charge < -0.3 is 9.47 Å². The maximum Gasteiger partial charge on any atom is 0.343 e. The predicted molar refractivity (Wildman–Crippen MR) is 105 cm³/mol. The van der Waals surface area contributed by atoms with Crippen molar-refractivity contribution in [2.45, 2.75) is 72.3 Å². The number of hydrogen-bond donors (Lipinski definition) is 0. The van der Waals surface area contributed by atoms with E-state index in [0.29, 0.717) is 29.2 Å². The minimum Gasteiger partial charge on any atom is -0.447 e. The third-order valence-electron chi connectivity index (χ3n) is 5.18. The molecule has 2 aliphatic rings. The normalized spacial score (nSPS) is 19.0. The number of ether oxygens (including phenoxy) is 2. The first-order valence-electron chi connectivity index (χ1n) is 9.48. The second kappa shape index (κ2) is 6.97. The summed E-state index contributed by atoms with van der Waals surface area (Å²) in [5.74, 6) is -0.347. The Morgan fingerprint density at radius 2 is 1.74 bits per heavy atom. The van der Waals surface area contributed by atoms with Crippen LogP contribution in [0.1, 0.15) is 69.6 Å². The topological polar surface area (TPSA) is 52.6 Å². The van der Waals surface area contributed by atoms with Gasteiger partial charge in [0.15, 0.2) is 11.4 Å². The van der Waals surface area contributed by atoms with Gasteiger partial charge >= 0.3 is 11.9 Å². The number of rotatable bonds is 3. The molecule has 3 rings (SSSR count). The molecular formula is C22H27ClO4. The van der Waals surface area contributed by atoms with Crippen molar-refractivity contribution >= 4 is 29.1 Å². The zero-order valence-corrected chi connectivity index (χ0v) is 17.5. The van der Waals surface area contributed by atoms with E-state index in [9.17, 15) is 9.59 Å². The van der Waals surface area contributed by atoms with Crippen LogP contribution in [0.5, 0.6) is 0 Å². The Balaban J connectivity index is 2.13. The van der Waals surface area contributed by atoms with E-state index in [1.54, 1.807) is 0 Å². The Labute approximate surface area is 165 Å². The zero-order chi connectivity index (χ0) is 20.0. The van der Waals surface area contributed by atoms with Gasteiger partial charge in [0.25, 0.3) is 0 Å². The van der Waals surface area contributed by atoms with E-state index in [4.69, 9.17) is 21.1 Å². The number of esters is 2. The number of aryl methyl sites for hydroxylation is 2. The van der Waals surface area contributed by atoms with Gasteiger partial charge in [-0.25, -0.2) is 4.79 Å². The summed E-state index contributed by atoms with van der Waals surface area (Å²) in [5, 5.41) is 0.613. The fraction of sp³-hybridized carbons (Fsp3) is 0.545. The second-order valence-electron chi connectivity index (χ2n) is 8.92. The summed E-state index contributed by atoms with van der Waals surface area (Å²) >= 11 is 6.16. The van der Waals surface area contributed by atoms with E-state index in [-0.39, 0.29) is 17.8 Å². The SMILES string of the molecule is Cc1cc(Cl)cc(C)c1C1=C(OC(=O)CC(C)(C)C)C2(CCCC2)OC1=O. The van der Waals surface area contributed by atoms with Crippen molar-refractivity contribution in [1.29, 1.82) is 0 Å². The Bertz CT molecular complexity index is 800. The summed E-state index contributed by atoms with van der Waals surface area (Å²) in [6.45, 7) is 9.77. The maximum absolute atomic E-state index is 12.9. The Morgan fingerprint density at radius 3 is 2.26 bits per heavy atom. The highest BCUT2D eigenvalue weighted by molar-refractivity contribution is 6.31. The summed E-state index contributed by atoms with van der Waals surface area (Å²) in [6, 6.07) is 3.64. The van der Waals surface area contributed by atoms with Gasteiger partial charge in [0.1, 0.15) is 5.57 Å². The molecule has 146 valence electrons. The van der Waals surface area contributed by atoms with Crippen LogP contribution in [0.2, 0.25) is 5.02 Å². The fourth-order valence-corrected chi connectivity index (χ4v) is 4.45. The minimum absolute atomic E-state index is 0.198. The van der Waals surface area contributed by atoms with Crippen LogP contribution < -0.4 is 0 Å². The lowest BCUT2D eigenvalue weighted by molar-refractivity contribution is -0.153. The van der Waals surface area contributed by atoms with Gasteiger partial charge in [-0.3, -0.25) is 4.79 Å². The van der Waals surface area contributed by atoms with Gasteiger partial charge in [0.05, 0.1) is 6.42 Å². The molecule has 27 heavy (non-hydrogen) atoms. The molecule has 1 fully saturated rings. The van der Waals surface area contributed by atoms with Gasteiger partial charge in [-0.2, -0.15) is 0 Å². The van der Waals surface area contributed by atoms with Crippen LogP contribution >= 0.6 is 11.6 Å². The first kappa shape index (κ1) is 19.9. The Hall–Kier alpha value is -1.81. The van der Waals surface area contributed by atoms with Crippen molar-refractivity contribution in [3.05, 3.63) is 39.6 Å². The van der Waals surface area contributed by atoms with E-state index in [0.717, 1.165) is 29.5 Å². The first-order valence-corrected chi connectivity index (χ1v) is 9.86. The largest absolute Gasteiger partial charge is 0.447 e. The summed E-state index contributed by atoms with van der Waals surface area (Å²) < 4.78 is 11.7. The van der Waals surface area contributed by atoms with Crippen LogP contribution in [0.25, 0.3) is 5.57 Å². The smallest absolute Gasteiger partial charge is 0.343 e. The molecule has 1 aliphatic heterocycles. The number of hydrogen-bond acceptors (Lipinski definition) is 4. The van der Waals surface area contributed by atoms with Gasteiger partial charge in [0, 0.05) is 5.02 Å². The molecule has 1 aromatic carbocycles. The van der Waals surface area contributed by atoms with Crippen LogP contribution in [0, 0.1) is 19.3 Å². The quantitative estimate of drug-likeness (QED) is 0.638. The summed E-state index contributed by atoms with van der Waals surface area (Å²) in [5.41, 5.74) is 1.87. The highest BCUT2D eigenvalue weighted by atomic mass is 35.5. The fourth-order valence-electron chi connectivity index (χ4n) is 4.12. The van der Waals surface area contributed by atoms with Gasteiger partial charge in [-0.05, 0) is 73.8 Å². The van der Waals surface area contributed by atoms with Crippen molar-refractivity contribution in [1.82, 2.24) is 0 Å². The van der Waals surface area contributed by atoms with Crippen molar-refractivity contribution in [2.75, 3.05) is 0 Å². The lowest BCUT2D eigenvalue weighted by atomic mass is 9.90. The number of carbonyl (C=O) groups excluding carboxylic acids is 2. The molecule has 1 spiro atoms. The monoisotopic (exact) mass is 390 g/mol. The molecule has 0 radical (unpaired) electrons. The molecule has 0 N–H and O–H groups in total. The number of halogens is 1. The van der Waals surface area contributed by atoms with Crippen LogP contribution in [0.4, 0.5) is 0 Å². The molecule has 1 heterocycles. The first-order chi connectivity index (χ1) is 12.5. The Morgan fingerprint density at radius 1 is 1.19 bits per heavy atom. The summed E-state index contributed by atoms with van der Waals surface area (Å²) in [6.07, 6.45) is 3.53. The molecule has 1 aliphatic carbocycles. The molecule has 0 aromatic heterocycles. The molecule has 5 heteroatoms. The average Bonchev–Trinajstić information content (AvgIpc) is 3.05. The minimum atomic E-state index is -0.807.